The van der Waals surface area contributed by atoms with Crippen molar-refractivity contribution in [2.45, 2.75) is 13.1 Å². The molecule has 0 aliphatic heterocycles. The van der Waals surface area contributed by atoms with Crippen LogP contribution in [0.15, 0.2) is 65.1 Å². The summed E-state index contributed by atoms with van der Waals surface area (Å²) in [5, 5.41) is 10.1. The number of halogens is 2. The minimum atomic E-state index is -0.335. The Balaban J connectivity index is 1.60. The maximum Gasteiger partial charge on any atom is 0.268 e. The molecular weight excluding hydrogens is 461 g/mol. The molecule has 0 aliphatic rings. The van der Waals surface area contributed by atoms with E-state index in [9.17, 15) is 4.79 Å². The van der Waals surface area contributed by atoms with Crippen LogP contribution >= 0.6 is 46.8 Å². The van der Waals surface area contributed by atoms with Crippen molar-refractivity contribution in [2.75, 3.05) is 0 Å². The molecule has 0 saturated carbocycles. The minimum Gasteiger partial charge on any atom is -0.319 e. The first-order valence-corrected chi connectivity index (χ1v) is 10.9. The van der Waals surface area contributed by atoms with Gasteiger partial charge in [-0.05, 0) is 48.1 Å². The largest absolute Gasteiger partial charge is 0.319 e. The highest BCUT2D eigenvalue weighted by Crippen LogP contribution is 2.20. The molecule has 1 amide bonds. The summed E-state index contributed by atoms with van der Waals surface area (Å²) in [6.07, 6.45) is 1.88. The quantitative estimate of drug-likeness (QED) is 0.415. The summed E-state index contributed by atoms with van der Waals surface area (Å²) >= 11 is 18.9. The Labute approximate surface area is 191 Å². The number of H-pyrrole nitrogens is 1. The third-order valence-electron chi connectivity index (χ3n) is 4.33. The van der Waals surface area contributed by atoms with Crippen molar-refractivity contribution in [3.05, 3.63) is 85.3 Å². The van der Waals surface area contributed by atoms with Crippen LogP contribution in [0.25, 0.3) is 11.4 Å². The van der Waals surface area contributed by atoms with Gasteiger partial charge < -0.3 is 4.57 Å². The molecule has 10 heteroatoms. The number of rotatable bonds is 5. The lowest BCUT2D eigenvalue weighted by molar-refractivity contribution is -0.118. The van der Waals surface area contributed by atoms with Crippen molar-refractivity contribution in [3.8, 4) is 11.4 Å². The Kier molecular flexibility index (Phi) is 6.29. The van der Waals surface area contributed by atoms with Gasteiger partial charge in [-0.25, -0.2) is 0 Å². The Hall–Kier alpha value is -2.52. The summed E-state index contributed by atoms with van der Waals surface area (Å²) in [5.41, 5.74) is 1.75. The van der Waals surface area contributed by atoms with E-state index in [-0.39, 0.29) is 12.5 Å². The molecule has 0 bridgehead atoms. The fourth-order valence-corrected chi connectivity index (χ4v) is 4.14. The first-order valence-electron chi connectivity index (χ1n) is 8.87. The van der Waals surface area contributed by atoms with Crippen LogP contribution in [-0.4, -0.2) is 25.2 Å². The van der Waals surface area contributed by atoms with Crippen LogP contribution in [0, 0.1) is 4.77 Å². The molecule has 152 valence electrons. The number of carbonyl (C=O) groups is 1. The number of aromatic amines is 1. The molecule has 2 aromatic heterocycles. The standard InChI is InChI=1S/C20H15Cl2N5OS2/c21-15-7-5-13(6-8-15)18-24-25-19(29)27(18)12-17(28)23-20-26(9-10-30-20)11-14-3-1-2-4-16(14)22/h1-10H,11-12H2,(H,25,29). The van der Waals surface area contributed by atoms with Crippen LogP contribution in [0.2, 0.25) is 10.0 Å². The highest BCUT2D eigenvalue weighted by molar-refractivity contribution is 7.71. The average Bonchev–Trinajstić information content (AvgIpc) is 3.31. The van der Waals surface area contributed by atoms with Crippen molar-refractivity contribution in [2.24, 2.45) is 4.99 Å². The number of benzene rings is 2. The summed E-state index contributed by atoms with van der Waals surface area (Å²) in [7, 11) is 0. The fraction of sp³-hybridized carbons (Fsp3) is 0.100. The van der Waals surface area contributed by atoms with E-state index in [0.717, 1.165) is 11.1 Å². The molecule has 0 spiro atoms. The smallest absolute Gasteiger partial charge is 0.268 e. The van der Waals surface area contributed by atoms with Gasteiger partial charge in [-0.3, -0.25) is 14.5 Å². The van der Waals surface area contributed by atoms with Gasteiger partial charge >= 0.3 is 0 Å². The number of aromatic nitrogens is 4. The molecule has 6 nitrogen and oxygen atoms in total. The van der Waals surface area contributed by atoms with Gasteiger partial charge in [-0.2, -0.15) is 10.1 Å². The lowest BCUT2D eigenvalue weighted by atomic mass is 10.2. The molecule has 2 aromatic carbocycles. The Morgan fingerprint density at radius 3 is 2.70 bits per heavy atom. The Morgan fingerprint density at radius 1 is 1.17 bits per heavy atom. The Morgan fingerprint density at radius 2 is 1.93 bits per heavy atom. The highest BCUT2D eigenvalue weighted by atomic mass is 35.5. The van der Waals surface area contributed by atoms with E-state index in [1.54, 1.807) is 16.7 Å². The molecule has 4 aromatic rings. The van der Waals surface area contributed by atoms with Gasteiger partial charge in [0, 0.05) is 27.2 Å². The SMILES string of the molecule is O=C(Cn1c(-c2ccc(Cl)cc2)n[nH]c1=S)N=c1sccn1Cc1ccccc1Cl. The molecule has 0 aliphatic carbocycles. The van der Waals surface area contributed by atoms with E-state index < -0.39 is 0 Å². The zero-order valence-electron chi connectivity index (χ0n) is 15.5. The van der Waals surface area contributed by atoms with E-state index in [2.05, 4.69) is 15.2 Å². The lowest BCUT2D eigenvalue weighted by Gasteiger charge is -2.06. The van der Waals surface area contributed by atoms with Gasteiger partial charge in [0.05, 0.1) is 6.54 Å². The van der Waals surface area contributed by atoms with E-state index in [4.69, 9.17) is 35.4 Å². The minimum absolute atomic E-state index is 0.0305. The number of nitrogens with one attached hydrogen (secondary N) is 1. The van der Waals surface area contributed by atoms with E-state index in [0.29, 0.717) is 32.0 Å². The van der Waals surface area contributed by atoms with Crippen LogP contribution in [0.3, 0.4) is 0 Å². The van der Waals surface area contributed by atoms with Crippen LogP contribution in [0.1, 0.15) is 5.56 Å². The van der Waals surface area contributed by atoms with Crippen LogP contribution < -0.4 is 4.80 Å². The van der Waals surface area contributed by atoms with Gasteiger partial charge in [0.15, 0.2) is 15.4 Å². The second kappa shape index (κ2) is 9.09. The first kappa shape index (κ1) is 20.7. The maximum absolute atomic E-state index is 12.7. The number of thiazole rings is 1. The normalized spacial score (nSPS) is 11.7. The number of carbonyl (C=O) groups excluding carboxylic acids is 1. The molecule has 0 unspecified atom stereocenters. The molecule has 0 atom stereocenters. The zero-order chi connectivity index (χ0) is 21.1. The van der Waals surface area contributed by atoms with E-state index in [1.807, 2.05) is 52.5 Å². The molecule has 0 fully saturated rings. The summed E-state index contributed by atoms with van der Waals surface area (Å²) in [6.45, 7) is 0.494. The predicted octanol–water partition coefficient (Wildman–Crippen LogP) is 4.95. The lowest BCUT2D eigenvalue weighted by Crippen LogP contribution is -2.19. The number of amides is 1. The van der Waals surface area contributed by atoms with Crippen molar-refractivity contribution in [3.63, 3.8) is 0 Å². The Bertz CT molecular complexity index is 1320. The maximum atomic E-state index is 12.7. The molecule has 1 N–H and O–H groups in total. The van der Waals surface area contributed by atoms with Gasteiger partial charge in [-0.1, -0.05) is 41.4 Å². The highest BCUT2D eigenvalue weighted by Gasteiger charge is 2.12. The van der Waals surface area contributed by atoms with E-state index >= 15 is 0 Å². The topological polar surface area (TPSA) is 68.0 Å². The first-order chi connectivity index (χ1) is 14.5. The molecule has 0 radical (unpaired) electrons. The third kappa shape index (κ3) is 4.62. The van der Waals surface area contributed by atoms with Crippen molar-refractivity contribution < 1.29 is 4.79 Å². The molecule has 4 rings (SSSR count). The van der Waals surface area contributed by atoms with Crippen LogP contribution in [-0.2, 0) is 17.9 Å². The van der Waals surface area contributed by atoms with E-state index in [1.165, 1.54) is 11.3 Å². The van der Waals surface area contributed by atoms with Crippen molar-refractivity contribution in [1.82, 2.24) is 19.3 Å². The van der Waals surface area contributed by atoms with Gasteiger partial charge in [0.1, 0.15) is 6.54 Å². The fourth-order valence-electron chi connectivity index (χ4n) is 2.88. The second-order valence-electron chi connectivity index (χ2n) is 6.36. The van der Waals surface area contributed by atoms with Crippen molar-refractivity contribution in [1.29, 1.82) is 0 Å². The molecular formula is C20H15Cl2N5OS2. The third-order valence-corrected chi connectivity index (χ3v) is 6.06. The molecule has 0 saturated heterocycles. The summed E-state index contributed by atoms with van der Waals surface area (Å²) < 4.78 is 3.85. The molecule has 2 heterocycles. The van der Waals surface area contributed by atoms with Crippen LogP contribution in [0.5, 0.6) is 0 Å². The number of hydrogen-bond acceptors (Lipinski definition) is 4. The summed E-state index contributed by atoms with van der Waals surface area (Å²) in [5.74, 6) is 0.216. The average molecular weight is 476 g/mol. The molecule has 30 heavy (non-hydrogen) atoms. The monoisotopic (exact) mass is 475 g/mol. The predicted molar refractivity (Wildman–Crippen MR) is 121 cm³/mol. The number of nitrogens with zero attached hydrogens (tertiary/aromatic N) is 4. The van der Waals surface area contributed by atoms with Gasteiger partial charge in [-0.15, -0.1) is 11.3 Å². The second-order valence-corrected chi connectivity index (χ2v) is 8.46. The van der Waals surface area contributed by atoms with Gasteiger partial charge in [0.2, 0.25) is 0 Å². The number of hydrogen-bond donors (Lipinski definition) is 1. The summed E-state index contributed by atoms with van der Waals surface area (Å²) in [4.78, 5) is 17.6. The summed E-state index contributed by atoms with van der Waals surface area (Å²) in [6, 6.07) is 14.8. The van der Waals surface area contributed by atoms with Crippen molar-refractivity contribution >= 4 is 52.7 Å². The zero-order valence-corrected chi connectivity index (χ0v) is 18.6. The van der Waals surface area contributed by atoms with Crippen LogP contribution in [0.4, 0.5) is 0 Å². The van der Waals surface area contributed by atoms with Gasteiger partial charge in [0.25, 0.3) is 5.91 Å².